The Morgan fingerprint density at radius 2 is 2.15 bits per heavy atom. The number of hydrogen-bond acceptors (Lipinski definition) is 4. The fourth-order valence-corrected chi connectivity index (χ4v) is 3.30. The highest BCUT2D eigenvalue weighted by Gasteiger charge is 2.15. The molecule has 1 aromatic heterocycles. The number of benzene rings is 1. The zero-order valence-electron chi connectivity index (χ0n) is 14.3. The van der Waals surface area contributed by atoms with Gasteiger partial charge in [0.1, 0.15) is 5.82 Å². The van der Waals surface area contributed by atoms with Crippen molar-refractivity contribution in [3.05, 3.63) is 57.7 Å². The molecule has 2 heterocycles. The van der Waals surface area contributed by atoms with E-state index in [1.165, 1.54) is 0 Å². The van der Waals surface area contributed by atoms with Crippen molar-refractivity contribution in [1.82, 2.24) is 10.3 Å². The molecule has 0 bridgehead atoms. The summed E-state index contributed by atoms with van der Waals surface area (Å²) < 4.78 is 5.56. The molecule has 0 spiro atoms. The molecule has 1 aliphatic heterocycles. The van der Waals surface area contributed by atoms with E-state index in [1.54, 1.807) is 30.5 Å². The highest BCUT2D eigenvalue weighted by Crippen LogP contribution is 2.21. The first-order valence-electron chi connectivity index (χ1n) is 8.65. The maximum Gasteiger partial charge on any atom is 0.252 e. The largest absolute Gasteiger partial charge is 0.376 e. The van der Waals surface area contributed by atoms with Crippen molar-refractivity contribution >= 4 is 34.9 Å². The van der Waals surface area contributed by atoms with Gasteiger partial charge in [-0.1, -0.05) is 29.3 Å². The molecule has 1 aliphatic rings. The number of amides is 1. The summed E-state index contributed by atoms with van der Waals surface area (Å²) in [6, 6.07) is 8.92. The molecule has 5 nitrogen and oxygen atoms in total. The van der Waals surface area contributed by atoms with Crippen LogP contribution in [0.5, 0.6) is 0 Å². The zero-order chi connectivity index (χ0) is 18.4. The molecule has 2 aromatic rings. The molecular weight excluding hydrogens is 373 g/mol. The van der Waals surface area contributed by atoms with Crippen LogP contribution in [0.15, 0.2) is 36.5 Å². The van der Waals surface area contributed by atoms with Crippen LogP contribution in [0.1, 0.15) is 28.8 Å². The lowest BCUT2D eigenvalue weighted by atomic mass is 10.1. The minimum atomic E-state index is -0.159. The standard InChI is InChI=1S/C19H21Cl2N3O2/c20-15-5-3-13(17(21)10-15)7-8-22-19(25)14-4-6-18(23-11-14)24-12-16-2-1-9-26-16/h3-6,10-11,16H,1-2,7-9,12H2,(H,22,25)(H,23,24). The maximum absolute atomic E-state index is 12.2. The molecule has 26 heavy (non-hydrogen) atoms. The molecule has 7 heteroatoms. The lowest BCUT2D eigenvalue weighted by Gasteiger charge is -2.11. The van der Waals surface area contributed by atoms with E-state index in [0.717, 1.165) is 37.4 Å². The van der Waals surface area contributed by atoms with Gasteiger partial charge in [0.15, 0.2) is 0 Å². The highest BCUT2D eigenvalue weighted by molar-refractivity contribution is 6.35. The van der Waals surface area contributed by atoms with Gasteiger partial charge >= 0.3 is 0 Å². The molecule has 138 valence electrons. The number of anilines is 1. The number of aromatic nitrogens is 1. The molecule has 1 unspecified atom stereocenters. The smallest absolute Gasteiger partial charge is 0.252 e. The van der Waals surface area contributed by atoms with Gasteiger partial charge in [0.25, 0.3) is 5.91 Å². The van der Waals surface area contributed by atoms with Gasteiger partial charge in [-0.25, -0.2) is 4.98 Å². The predicted molar refractivity (Wildman–Crippen MR) is 104 cm³/mol. The van der Waals surface area contributed by atoms with Crippen LogP contribution in [-0.2, 0) is 11.2 Å². The molecule has 3 rings (SSSR count). The predicted octanol–water partition coefficient (Wildman–Crippen LogP) is 3.95. The molecule has 1 atom stereocenters. The van der Waals surface area contributed by atoms with Crippen LogP contribution in [0.25, 0.3) is 0 Å². The molecule has 1 saturated heterocycles. The van der Waals surface area contributed by atoms with Crippen LogP contribution >= 0.6 is 23.2 Å². The SMILES string of the molecule is O=C(NCCc1ccc(Cl)cc1Cl)c1ccc(NCC2CCCO2)nc1. The normalized spacial score (nSPS) is 16.5. The van der Waals surface area contributed by atoms with Crippen molar-refractivity contribution in [3.8, 4) is 0 Å². The van der Waals surface area contributed by atoms with Crippen LogP contribution in [0.3, 0.4) is 0 Å². The van der Waals surface area contributed by atoms with Crippen LogP contribution in [-0.4, -0.2) is 36.7 Å². The van der Waals surface area contributed by atoms with E-state index >= 15 is 0 Å². The lowest BCUT2D eigenvalue weighted by molar-refractivity contribution is 0.0953. The fraction of sp³-hybridized carbons (Fsp3) is 0.368. The first kappa shape index (κ1) is 19.0. The van der Waals surface area contributed by atoms with Crippen molar-refractivity contribution in [1.29, 1.82) is 0 Å². The number of ether oxygens (including phenoxy) is 1. The Morgan fingerprint density at radius 1 is 1.27 bits per heavy atom. The van der Waals surface area contributed by atoms with E-state index in [2.05, 4.69) is 15.6 Å². The second-order valence-electron chi connectivity index (χ2n) is 6.19. The fourth-order valence-electron chi connectivity index (χ4n) is 2.79. The monoisotopic (exact) mass is 393 g/mol. The number of carbonyl (C=O) groups is 1. The third-order valence-electron chi connectivity index (χ3n) is 4.26. The van der Waals surface area contributed by atoms with E-state index in [4.69, 9.17) is 27.9 Å². The first-order chi connectivity index (χ1) is 12.6. The van der Waals surface area contributed by atoms with E-state index in [-0.39, 0.29) is 12.0 Å². The van der Waals surface area contributed by atoms with E-state index in [9.17, 15) is 4.79 Å². The average molecular weight is 394 g/mol. The molecular formula is C19H21Cl2N3O2. The maximum atomic E-state index is 12.2. The Kier molecular flexibility index (Phi) is 6.72. The van der Waals surface area contributed by atoms with Gasteiger partial charge in [-0.3, -0.25) is 4.79 Å². The summed E-state index contributed by atoms with van der Waals surface area (Å²) in [7, 11) is 0. The molecule has 0 radical (unpaired) electrons. The van der Waals surface area contributed by atoms with Crippen molar-refractivity contribution in [3.63, 3.8) is 0 Å². The van der Waals surface area contributed by atoms with Crippen molar-refractivity contribution in [2.24, 2.45) is 0 Å². The molecule has 1 fully saturated rings. The van der Waals surface area contributed by atoms with Gasteiger partial charge in [-0.05, 0) is 49.1 Å². The highest BCUT2D eigenvalue weighted by atomic mass is 35.5. The van der Waals surface area contributed by atoms with E-state index < -0.39 is 0 Å². The Hall–Kier alpha value is -1.82. The van der Waals surface area contributed by atoms with Gasteiger partial charge in [-0.2, -0.15) is 0 Å². The van der Waals surface area contributed by atoms with Crippen molar-refractivity contribution in [2.45, 2.75) is 25.4 Å². The average Bonchev–Trinajstić information content (AvgIpc) is 3.16. The van der Waals surface area contributed by atoms with Crippen LogP contribution < -0.4 is 10.6 Å². The zero-order valence-corrected chi connectivity index (χ0v) is 15.8. The van der Waals surface area contributed by atoms with Crippen LogP contribution in [0.4, 0.5) is 5.82 Å². The molecule has 0 aliphatic carbocycles. The molecule has 0 saturated carbocycles. The number of nitrogens with one attached hydrogen (secondary N) is 2. The Morgan fingerprint density at radius 3 is 2.85 bits per heavy atom. The van der Waals surface area contributed by atoms with Gasteiger partial charge in [0, 0.05) is 35.9 Å². The number of carbonyl (C=O) groups excluding carboxylic acids is 1. The van der Waals surface area contributed by atoms with E-state index in [1.807, 2.05) is 6.07 Å². The van der Waals surface area contributed by atoms with Crippen molar-refractivity contribution < 1.29 is 9.53 Å². The third kappa shape index (κ3) is 5.34. The second-order valence-corrected chi connectivity index (χ2v) is 7.03. The lowest BCUT2D eigenvalue weighted by Crippen LogP contribution is -2.26. The molecule has 1 aromatic carbocycles. The number of hydrogen-bond donors (Lipinski definition) is 2. The first-order valence-corrected chi connectivity index (χ1v) is 9.41. The Balaban J connectivity index is 1.45. The van der Waals surface area contributed by atoms with Crippen LogP contribution in [0.2, 0.25) is 10.0 Å². The van der Waals surface area contributed by atoms with Gasteiger partial charge in [0.2, 0.25) is 0 Å². The quantitative estimate of drug-likeness (QED) is 0.747. The number of nitrogens with zero attached hydrogens (tertiary/aromatic N) is 1. The van der Waals surface area contributed by atoms with Crippen molar-refractivity contribution in [2.75, 3.05) is 25.0 Å². The second kappa shape index (κ2) is 9.21. The van der Waals surface area contributed by atoms with Crippen LogP contribution in [0, 0.1) is 0 Å². The number of pyridine rings is 1. The summed E-state index contributed by atoms with van der Waals surface area (Å²) in [6.07, 6.45) is 4.64. The van der Waals surface area contributed by atoms with E-state index in [0.29, 0.717) is 28.6 Å². The summed E-state index contributed by atoms with van der Waals surface area (Å²) >= 11 is 12.0. The summed E-state index contributed by atoms with van der Waals surface area (Å²) in [5.74, 6) is 0.582. The summed E-state index contributed by atoms with van der Waals surface area (Å²) in [5, 5.41) is 7.32. The number of halogens is 2. The third-order valence-corrected chi connectivity index (χ3v) is 4.84. The molecule has 1 amide bonds. The number of rotatable bonds is 7. The minimum Gasteiger partial charge on any atom is -0.376 e. The minimum absolute atomic E-state index is 0.159. The van der Waals surface area contributed by atoms with Gasteiger partial charge < -0.3 is 15.4 Å². The molecule has 2 N–H and O–H groups in total. The Labute approximate surface area is 163 Å². The van der Waals surface area contributed by atoms with Gasteiger partial charge in [0.05, 0.1) is 11.7 Å². The Bertz CT molecular complexity index is 747. The van der Waals surface area contributed by atoms with Gasteiger partial charge in [-0.15, -0.1) is 0 Å². The summed E-state index contributed by atoms with van der Waals surface area (Å²) in [5.41, 5.74) is 1.47. The summed E-state index contributed by atoms with van der Waals surface area (Å²) in [4.78, 5) is 16.5. The summed E-state index contributed by atoms with van der Waals surface area (Å²) in [6.45, 7) is 2.06. The topological polar surface area (TPSA) is 63.2 Å².